The average Bonchev–Trinajstić information content (AvgIpc) is 3.31. The van der Waals surface area contributed by atoms with Crippen molar-refractivity contribution in [1.82, 2.24) is 0 Å². The van der Waals surface area contributed by atoms with Gasteiger partial charge in [0.05, 0.1) is 0 Å². The second-order valence-electron chi connectivity index (χ2n) is 18.5. The van der Waals surface area contributed by atoms with Crippen LogP contribution in [0.4, 0.5) is 0 Å². The van der Waals surface area contributed by atoms with Crippen LogP contribution in [-0.4, -0.2) is 37.2 Å². The first kappa shape index (κ1) is 62.8. The molecule has 0 saturated heterocycles. The Bertz CT molecular complexity index is 1240. The fourth-order valence-corrected chi connectivity index (χ4v) is 7.74. The number of unbranched alkanes of at least 4 members (excludes halogenated alkanes) is 27. The molecular weight excluding hydrogens is 817 g/mol. The molecule has 1 atom stereocenters. The third-order valence-electron chi connectivity index (χ3n) is 11.9. The minimum absolute atomic E-state index is 0.0887. The number of ether oxygens (including phenoxy) is 3. The van der Waals surface area contributed by atoms with Crippen LogP contribution in [0.1, 0.15) is 271 Å². The first-order valence-corrected chi connectivity index (χ1v) is 27.9. The number of rotatable bonds is 50. The van der Waals surface area contributed by atoms with Crippen molar-refractivity contribution in [3.8, 4) is 0 Å². The van der Waals surface area contributed by atoms with Crippen molar-refractivity contribution in [1.29, 1.82) is 0 Å². The Morgan fingerprint density at radius 3 is 1.00 bits per heavy atom. The van der Waals surface area contributed by atoms with Gasteiger partial charge in [0.2, 0.25) is 0 Å². The maximum atomic E-state index is 12.8. The van der Waals surface area contributed by atoms with Crippen LogP contribution in [0.25, 0.3) is 0 Å². The first-order chi connectivity index (χ1) is 32.5. The lowest BCUT2D eigenvalue weighted by molar-refractivity contribution is -0.167. The van der Waals surface area contributed by atoms with Crippen LogP contribution in [0.2, 0.25) is 0 Å². The van der Waals surface area contributed by atoms with E-state index in [1.807, 2.05) is 0 Å². The van der Waals surface area contributed by atoms with E-state index in [4.69, 9.17) is 14.2 Å². The molecule has 0 aliphatic heterocycles. The van der Waals surface area contributed by atoms with Gasteiger partial charge in [-0.3, -0.25) is 14.4 Å². The maximum absolute atomic E-state index is 12.8. The van der Waals surface area contributed by atoms with Crippen LogP contribution in [0.3, 0.4) is 0 Å². The van der Waals surface area contributed by atoms with Gasteiger partial charge in [-0.1, -0.05) is 241 Å². The number of allylic oxidation sites excluding steroid dienone is 12. The van der Waals surface area contributed by atoms with E-state index in [1.54, 1.807) is 0 Å². The number of hydrogen-bond acceptors (Lipinski definition) is 6. The number of esters is 3. The van der Waals surface area contributed by atoms with Crippen molar-refractivity contribution in [2.24, 2.45) is 0 Å². The fraction of sp³-hybridized carbons (Fsp3) is 0.750. The summed E-state index contributed by atoms with van der Waals surface area (Å²) in [5, 5.41) is 0. The lowest BCUT2D eigenvalue weighted by atomic mass is 10.0. The minimum Gasteiger partial charge on any atom is -0.462 e. The normalized spacial score (nSPS) is 12.6. The highest BCUT2D eigenvalue weighted by Crippen LogP contribution is 2.16. The molecule has 0 aromatic heterocycles. The van der Waals surface area contributed by atoms with Crippen LogP contribution < -0.4 is 0 Å². The van der Waals surface area contributed by atoms with E-state index in [9.17, 15) is 14.4 Å². The van der Waals surface area contributed by atoms with Gasteiger partial charge in [0.25, 0.3) is 0 Å². The third kappa shape index (κ3) is 51.8. The van der Waals surface area contributed by atoms with Crippen molar-refractivity contribution >= 4 is 17.9 Å². The SMILES string of the molecule is CC/C=C\C/C=C\C/C=C\C/C=C\C/C=C\CCCCCC(=O)OC[C@@H](COC(=O)CCCCCCC/C=C\CCCC)OC(=O)CCCCCCCCCCCCCCCCCCCC. The summed E-state index contributed by atoms with van der Waals surface area (Å²) < 4.78 is 16.8. The van der Waals surface area contributed by atoms with Gasteiger partial charge in [-0.05, 0) is 83.5 Å². The number of carbonyl (C=O) groups is 3. The van der Waals surface area contributed by atoms with E-state index in [1.165, 1.54) is 128 Å². The molecule has 380 valence electrons. The molecule has 0 aromatic carbocycles. The predicted octanol–water partition coefficient (Wildman–Crippen LogP) is 18.6. The molecule has 0 bridgehead atoms. The topological polar surface area (TPSA) is 78.9 Å². The Morgan fingerprint density at radius 2 is 0.606 bits per heavy atom. The fourth-order valence-electron chi connectivity index (χ4n) is 7.74. The average molecular weight is 921 g/mol. The molecular formula is C60H104O6. The summed E-state index contributed by atoms with van der Waals surface area (Å²) in [5.74, 6) is -0.923. The lowest BCUT2D eigenvalue weighted by Crippen LogP contribution is -2.30. The van der Waals surface area contributed by atoms with Crippen molar-refractivity contribution in [2.45, 2.75) is 277 Å². The molecule has 0 spiro atoms. The van der Waals surface area contributed by atoms with E-state index < -0.39 is 6.10 Å². The molecule has 0 N–H and O–H groups in total. The maximum Gasteiger partial charge on any atom is 0.306 e. The van der Waals surface area contributed by atoms with Crippen LogP contribution >= 0.6 is 0 Å². The van der Waals surface area contributed by atoms with Crippen molar-refractivity contribution in [3.05, 3.63) is 72.9 Å². The van der Waals surface area contributed by atoms with E-state index in [2.05, 4.69) is 93.7 Å². The predicted molar refractivity (Wildman–Crippen MR) is 284 cm³/mol. The third-order valence-corrected chi connectivity index (χ3v) is 11.9. The minimum atomic E-state index is -0.790. The highest BCUT2D eigenvalue weighted by Gasteiger charge is 2.19. The molecule has 0 fully saturated rings. The summed E-state index contributed by atoms with van der Waals surface area (Å²) in [7, 11) is 0. The highest BCUT2D eigenvalue weighted by molar-refractivity contribution is 5.71. The van der Waals surface area contributed by atoms with Gasteiger partial charge in [-0.2, -0.15) is 0 Å². The van der Waals surface area contributed by atoms with Gasteiger partial charge in [0.15, 0.2) is 6.10 Å². The molecule has 66 heavy (non-hydrogen) atoms. The Morgan fingerprint density at radius 1 is 0.318 bits per heavy atom. The summed E-state index contributed by atoms with van der Waals surface area (Å²) in [6.07, 6.45) is 68.9. The molecule has 0 rings (SSSR count). The van der Waals surface area contributed by atoms with Gasteiger partial charge in [0.1, 0.15) is 13.2 Å². The standard InChI is InChI=1S/C60H104O6/c1-4-7-10-13-16-19-22-24-26-28-30-32-33-35-38-41-44-47-50-53-59(62)65-56-57(55-64-58(61)52-49-46-43-40-37-21-18-15-12-9-6-3)66-60(63)54-51-48-45-42-39-36-34-31-29-27-25-23-20-17-14-11-8-5-2/h7,10,15-16,18-19,24,26,30,32,35,38,57H,4-6,8-9,11-14,17,20-23,25,27-29,31,33-34,36-37,39-56H2,1-3H3/b10-7-,18-15-,19-16-,26-24-,32-30-,38-35-/t57-/m1/s1. The Kier molecular flexibility index (Phi) is 51.9. The zero-order valence-corrected chi connectivity index (χ0v) is 43.4. The van der Waals surface area contributed by atoms with Gasteiger partial charge < -0.3 is 14.2 Å². The van der Waals surface area contributed by atoms with Crippen molar-refractivity contribution < 1.29 is 28.6 Å². The van der Waals surface area contributed by atoms with Crippen LogP contribution in [-0.2, 0) is 28.6 Å². The second-order valence-corrected chi connectivity index (χ2v) is 18.5. The Hall–Kier alpha value is -3.15. The molecule has 0 aromatic rings. The van der Waals surface area contributed by atoms with Crippen LogP contribution in [0.15, 0.2) is 72.9 Å². The van der Waals surface area contributed by atoms with Gasteiger partial charge in [0, 0.05) is 19.3 Å². The smallest absolute Gasteiger partial charge is 0.306 e. The summed E-state index contributed by atoms with van der Waals surface area (Å²) in [5.41, 5.74) is 0. The van der Waals surface area contributed by atoms with E-state index in [-0.39, 0.29) is 31.1 Å². The molecule has 0 unspecified atom stereocenters. The quantitative estimate of drug-likeness (QED) is 0.0262. The first-order valence-electron chi connectivity index (χ1n) is 27.9. The molecule has 0 aliphatic carbocycles. The second kappa shape index (κ2) is 54.5. The molecule has 0 amide bonds. The van der Waals surface area contributed by atoms with Gasteiger partial charge >= 0.3 is 17.9 Å². The zero-order valence-electron chi connectivity index (χ0n) is 43.4. The number of hydrogen-bond donors (Lipinski definition) is 0. The summed E-state index contributed by atoms with van der Waals surface area (Å²) in [6.45, 7) is 6.47. The molecule has 0 saturated carbocycles. The summed E-state index contributed by atoms with van der Waals surface area (Å²) in [4.78, 5) is 38.1. The molecule has 0 heterocycles. The van der Waals surface area contributed by atoms with E-state index in [0.29, 0.717) is 19.3 Å². The van der Waals surface area contributed by atoms with Crippen molar-refractivity contribution in [2.75, 3.05) is 13.2 Å². The van der Waals surface area contributed by atoms with E-state index >= 15 is 0 Å². The van der Waals surface area contributed by atoms with Crippen LogP contribution in [0.5, 0.6) is 0 Å². The Labute approximate surface area is 408 Å². The Balaban J connectivity index is 4.39. The monoisotopic (exact) mass is 921 g/mol. The van der Waals surface area contributed by atoms with Gasteiger partial charge in [-0.25, -0.2) is 0 Å². The van der Waals surface area contributed by atoms with Crippen LogP contribution in [0, 0.1) is 0 Å². The van der Waals surface area contributed by atoms with Crippen molar-refractivity contribution in [3.63, 3.8) is 0 Å². The zero-order chi connectivity index (χ0) is 47.9. The largest absolute Gasteiger partial charge is 0.462 e. The molecule has 6 nitrogen and oxygen atoms in total. The summed E-state index contributed by atoms with van der Waals surface area (Å²) in [6, 6.07) is 0. The van der Waals surface area contributed by atoms with E-state index in [0.717, 1.165) is 103 Å². The van der Waals surface area contributed by atoms with Gasteiger partial charge in [-0.15, -0.1) is 0 Å². The highest BCUT2D eigenvalue weighted by atomic mass is 16.6. The summed E-state index contributed by atoms with van der Waals surface area (Å²) >= 11 is 0. The number of carbonyl (C=O) groups excluding carboxylic acids is 3. The molecule has 0 aliphatic rings. The molecule has 0 radical (unpaired) electrons. The lowest BCUT2D eigenvalue weighted by Gasteiger charge is -2.18. The molecule has 6 heteroatoms.